The van der Waals surface area contributed by atoms with Gasteiger partial charge in [-0.2, -0.15) is 0 Å². The predicted molar refractivity (Wildman–Crippen MR) is 58.8 cm³/mol. The second-order valence-corrected chi connectivity index (χ2v) is 4.34. The summed E-state index contributed by atoms with van der Waals surface area (Å²) in [6.07, 6.45) is 0. The summed E-state index contributed by atoms with van der Waals surface area (Å²) in [6.45, 7) is 1.79. The fourth-order valence-corrected chi connectivity index (χ4v) is 2.31. The van der Waals surface area contributed by atoms with Crippen LogP contribution in [-0.2, 0) is 0 Å². The van der Waals surface area contributed by atoms with Crippen LogP contribution in [0.25, 0.3) is 0 Å². The summed E-state index contributed by atoms with van der Waals surface area (Å²) in [5.74, 6) is -1.82. The molecule has 2 aromatic rings. The Morgan fingerprint density at radius 2 is 1.81 bits per heavy atom. The third kappa shape index (κ3) is 2.02. The summed E-state index contributed by atoms with van der Waals surface area (Å²) in [4.78, 5) is 12.4. The van der Waals surface area contributed by atoms with E-state index >= 15 is 0 Å². The topological polar surface area (TPSA) is 17.1 Å². The van der Waals surface area contributed by atoms with E-state index in [9.17, 15) is 13.6 Å². The van der Waals surface area contributed by atoms with Crippen molar-refractivity contribution in [3.8, 4) is 0 Å². The van der Waals surface area contributed by atoms with Crippen LogP contribution in [0.2, 0.25) is 0 Å². The number of halogens is 2. The van der Waals surface area contributed by atoms with Crippen molar-refractivity contribution >= 4 is 17.1 Å². The molecule has 2 rings (SSSR count). The van der Waals surface area contributed by atoms with Crippen LogP contribution in [0.4, 0.5) is 8.78 Å². The number of carbonyl (C=O) groups is 1. The summed E-state index contributed by atoms with van der Waals surface area (Å²) >= 11 is 1.27. The van der Waals surface area contributed by atoms with E-state index in [1.807, 2.05) is 0 Å². The number of benzene rings is 1. The molecule has 0 fully saturated rings. The highest BCUT2D eigenvalue weighted by atomic mass is 32.1. The van der Waals surface area contributed by atoms with Gasteiger partial charge in [0.25, 0.3) is 0 Å². The van der Waals surface area contributed by atoms with Crippen molar-refractivity contribution in [2.45, 2.75) is 6.92 Å². The average Bonchev–Trinajstić information content (AvgIpc) is 2.62. The van der Waals surface area contributed by atoms with E-state index in [4.69, 9.17) is 0 Å². The Morgan fingerprint density at radius 3 is 2.31 bits per heavy atom. The smallest absolute Gasteiger partial charge is 0.203 e. The molecular formula is C12H8F2OS. The van der Waals surface area contributed by atoms with Crippen molar-refractivity contribution < 1.29 is 13.6 Å². The van der Waals surface area contributed by atoms with Crippen molar-refractivity contribution in [1.82, 2.24) is 0 Å². The molecule has 0 spiro atoms. The number of hydrogen-bond donors (Lipinski definition) is 0. The van der Waals surface area contributed by atoms with Gasteiger partial charge in [0.2, 0.25) is 5.78 Å². The van der Waals surface area contributed by atoms with Gasteiger partial charge in [-0.05, 0) is 36.1 Å². The molecule has 0 unspecified atom stereocenters. The predicted octanol–water partition coefficient (Wildman–Crippen LogP) is 3.57. The Labute approximate surface area is 95.4 Å². The number of carbonyl (C=O) groups excluding carboxylic acids is 1. The zero-order chi connectivity index (χ0) is 11.7. The summed E-state index contributed by atoms with van der Waals surface area (Å²) in [6, 6.07) is 4.64. The van der Waals surface area contributed by atoms with E-state index < -0.39 is 11.6 Å². The van der Waals surface area contributed by atoms with Gasteiger partial charge in [0.1, 0.15) is 11.6 Å². The van der Waals surface area contributed by atoms with Gasteiger partial charge in [-0.1, -0.05) is 0 Å². The van der Waals surface area contributed by atoms with Gasteiger partial charge in [-0.3, -0.25) is 4.79 Å². The first-order chi connectivity index (χ1) is 7.58. The zero-order valence-electron chi connectivity index (χ0n) is 8.46. The normalized spacial score (nSPS) is 10.4. The summed E-state index contributed by atoms with van der Waals surface area (Å²) in [5, 5.41) is 1.78. The third-order valence-electron chi connectivity index (χ3n) is 2.19. The first-order valence-electron chi connectivity index (χ1n) is 4.63. The lowest BCUT2D eigenvalue weighted by molar-refractivity contribution is 0.104. The monoisotopic (exact) mass is 238 g/mol. The summed E-state index contributed by atoms with van der Waals surface area (Å²) < 4.78 is 25.9. The maximum Gasteiger partial charge on any atom is 0.203 e. The Kier molecular flexibility index (Phi) is 2.83. The lowest BCUT2D eigenvalue weighted by Gasteiger charge is -2.00. The Balaban J connectivity index is 2.45. The highest BCUT2D eigenvalue weighted by Gasteiger charge is 2.14. The van der Waals surface area contributed by atoms with Crippen molar-refractivity contribution in [2.75, 3.05) is 0 Å². The highest BCUT2D eigenvalue weighted by Crippen LogP contribution is 2.21. The minimum absolute atomic E-state index is 0.0445. The van der Waals surface area contributed by atoms with Crippen LogP contribution in [0.3, 0.4) is 0 Å². The number of aryl methyl sites for hydroxylation is 1. The highest BCUT2D eigenvalue weighted by molar-refractivity contribution is 7.12. The second-order valence-electron chi connectivity index (χ2n) is 3.42. The van der Waals surface area contributed by atoms with Gasteiger partial charge in [0.05, 0.1) is 4.88 Å². The number of ketones is 1. The molecule has 1 heterocycles. The maximum absolute atomic E-state index is 12.9. The Hall–Kier alpha value is -1.55. The fraction of sp³-hybridized carbons (Fsp3) is 0.0833. The molecule has 0 atom stereocenters. The van der Waals surface area contributed by atoms with E-state index in [0.29, 0.717) is 4.88 Å². The van der Waals surface area contributed by atoms with Gasteiger partial charge < -0.3 is 0 Å². The molecule has 1 nitrogen and oxygen atoms in total. The van der Waals surface area contributed by atoms with Crippen molar-refractivity contribution in [1.29, 1.82) is 0 Å². The summed E-state index contributed by atoms with van der Waals surface area (Å²) in [5.41, 5.74) is 0.864. The van der Waals surface area contributed by atoms with Crippen LogP contribution in [0.5, 0.6) is 0 Å². The molecule has 0 radical (unpaired) electrons. The Bertz CT molecular complexity index is 525. The zero-order valence-corrected chi connectivity index (χ0v) is 9.28. The largest absolute Gasteiger partial charge is 0.288 e. The number of thiophene rings is 1. The molecular weight excluding hydrogens is 230 g/mol. The molecule has 0 amide bonds. The molecule has 1 aromatic carbocycles. The SMILES string of the molecule is Cc1ccsc1C(=O)c1cc(F)cc(F)c1. The lowest BCUT2D eigenvalue weighted by Crippen LogP contribution is -2.01. The van der Waals surface area contributed by atoms with E-state index in [2.05, 4.69) is 0 Å². The van der Waals surface area contributed by atoms with Crippen LogP contribution in [0.15, 0.2) is 29.6 Å². The van der Waals surface area contributed by atoms with Gasteiger partial charge >= 0.3 is 0 Å². The minimum atomic E-state index is -0.738. The molecule has 0 saturated heterocycles. The molecule has 0 saturated carbocycles. The number of hydrogen-bond acceptors (Lipinski definition) is 2. The second kappa shape index (κ2) is 4.14. The van der Waals surface area contributed by atoms with Gasteiger partial charge in [-0.25, -0.2) is 8.78 Å². The first kappa shape index (κ1) is 11.0. The quantitative estimate of drug-likeness (QED) is 0.731. The minimum Gasteiger partial charge on any atom is -0.288 e. The first-order valence-corrected chi connectivity index (χ1v) is 5.51. The lowest BCUT2D eigenvalue weighted by atomic mass is 10.1. The van der Waals surface area contributed by atoms with Crippen molar-refractivity contribution in [2.24, 2.45) is 0 Å². The van der Waals surface area contributed by atoms with Crippen LogP contribution in [-0.4, -0.2) is 5.78 Å². The van der Waals surface area contributed by atoms with Gasteiger partial charge in [0.15, 0.2) is 0 Å². The summed E-state index contributed by atoms with van der Waals surface area (Å²) in [7, 11) is 0. The van der Waals surface area contributed by atoms with E-state index in [1.54, 1.807) is 18.4 Å². The molecule has 0 aliphatic carbocycles. The fourth-order valence-electron chi connectivity index (χ4n) is 1.42. The van der Waals surface area contributed by atoms with Gasteiger partial charge in [0, 0.05) is 11.6 Å². The third-order valence-corrected chi connectivity index (χ3v) is 3.21. The van der Waals surface area contributed by atoms with E-state index in [-0.39, 0.29) is 11.3 Å². The standard InChI is InChI=1S/C12H8F2OS/c1-7-2-3-16-12(7)11(15)8-4-9(13)6-10(14)5-8/h2-6H,1H3. The molecule has 4 heteroatoms. The van der Waals surface area contributed by atoms with Crippen LogP contribution < -0.4 is 0 Å². The number of rotatable bonds is 2. The average molecular weight is 238 g/mol. The van der Waals surface area contributed by atoms with E-state index in [1.165, 1.54) is 11.3 Å². The Morgan fingerprint density at radius 1 is 1.19 bits per heavy atom. The molecule has 16 heavy (non-hydrogen) atoms. The van der Waals surface area contributed by atoms with Gasteiger partial charge in [-0.15, -0.1) is 11.3 Å². The van der Waals surface area contributed by atoms with Crippen LogP contribution >= 0.6 is 11.3 Å². The van der Waals surface area contributed by atoms with Crippen molar-refractivity contribution in [3.05, 3.63) is 57.3 Å². The molecule has 0 aliphatic heterocycles. The van der Waals surface area contributed by atoms with Crippen molar-refractivity contribution in [3.63, 3.8) is 0 Å². The molecule has 1 aromatic heterocycles. The maximum atomic E-state index is 12.9. The van der Waals surface area contributed by atoms with E-state index in [0.717, 1.165) is 23.8 Å². The molecule has 0 bridgehead atoms. The van der Waals surface area contributed by atoms with Crippen LogP contribution in [0, 0.1) is 18.6 Å². The molecule has 82 valence electrons. The molecule has 0 N–H and O–H groups in total. The molecule has 0 aliphatic rings. The van der Waals surface area contributed by atoms with Crippen LogP contribution in [0.1, 0.15) is 20.8 Å².